The number of rotatable bonds is 6. The van der Waals surface area contributed by atoms with Crippen LogP contribution in [0, 0.1) is 10.1 Å². The molecule has 3 N–H and O–H groups in total. The van der Waals surface area contributed by atoms with E-state index < -0.39 is 4.92 Å². The van der Waals surface area contributed by atoms with Gasteiger partial charge in [0.2, 0.25) is 0 Å². The summed E-state index contributed by atoms with van der Waals surface area (Å²) in [5.41, 5.74) is 0.488. The highest BCUT2D eigenvalue weighted by Crippen LogP contribution is 2.22. The van der Waals surface area contributed by atoms with Crippen LogP contribution in [0.25, 0.3) is 0 Å². The van der Waals surface area contributed by atoms with E-state index in [1.807, 2.05) is 0 Å². The van der Waals surface area contributed by atoms with Gasteiger partial charge in [-0.15, -0.1) is 0 Å². The Morgan fingerprint density at radius 3 is 2.74 bits per heavy atom. The molecule has 0 bridgehead atoms. The van der Waals surface area contributed by atoms with Gasteiger partial charge < -0.3 is 16.0 Å². The van der Waals surface area contributed by atoms with Crippen molar-refractivity contribution in [3.8, 4) is 0 Å². The highest BCUT2D eigenvalue weighted by atomic mass is 16.6. The summed E-state index contributed by atoms with van der Waals surface area (Å²) in [6.07, 6.45) is 2.09. The van der Waals surface area contributed by atoms with Gasteiger partial charge in [-0.05, 0) is 18.9 Å². The first kappa shape index (κ1) is 13.1. The van der Waals surface area contributed by atoms with E-state index in [0.29, 0.717) is 24.8 Å². The minimum atomic E-state index is -0.435. The van der Waals surface area contributed by atoms with Crippen molar-refractivity contribution in [2.75, 3.05) is 18.4 Å². The van der Waals surface area contributed by atoms with Gasteiger partial charge in [-0.25, -0.2) is 4.79 Å². The molecule has 0 aliphatic heterocycles. The maximum atomic E-state index is 11.3. The molecule has 0 heterocycles. The van der Waals surface area contributed by atoms with Crippen LogP contribution in [0.2, 0.25) is 0 Å². The molecule has 19 heavy (non-hydrogen) atoms. The van der Waals surface area contributed by atoms with Crippen LogP contribution < -0.4 is 16.0 Å². The van der Waals surface area contributed by atoms with Crippen molar-refractivity contribution < 1.29 is 9.72 Å². The second kappa shape index (κ2) is 6.03. The third kappa shape index (κ3) is 4.13. The third-order valence-electron chi connectivity index (χ3n) is 2.74. The first-order chi connectivity index (χ1) is 9.16. The van der Waals surface area contributed by atoms with E-state index in [1.165, 1.54) is 6.07 Å². The van der Waals surface area contributed by atoms with Gasteiger partial charge in [0.15, 0.2) is 0 Å². The summed E-state index contributed by atoms with van der Waals surface area (Å²) in [5, 5.41) is 19.2. The molecular weight excluding hydrogens is 248 g/mol. The quantitative estimate of drug-likeness (QED) is 0.412. The molecule has 0 unspecified atom stereocenters. The molecule has 7 nitrogen and oxygen atoms in total. The SMILES string of the molecule is O=C(NCCNc1ccccc1[N+](=O)[O-])NC1CC1. The highest BCUT2D eigenvalue weighted by molar-refractivity contribution is 5.74. The number of carbonyl (C=O) groups is 1. The van der Waals surface area contributed by atoms with E-state index in [1.54, 1.807) is 18.2 Å². The first-order valence-corrected chi connectivity index (χ1v) is 6.18. The molecule has 7 heteroatoms. The zero-order valence-corrected chi connectivity index (χ0v) is 10.4. The lowest BCUT2D eigenvalue weighted by Crippen LogP contribution is -2.39. The summed E-state index contributed by atoms with van der Waals surface area (Å²) in [4.78, 5) is 21.7. The van der Waals surface area contributed by atoms with Crippen LogP contribution in [0.3, 0.4) is 0 Å². The van der Waals surface area contributed by atoms with Gasteiger partial charge in [-0.3, -0.25) is 10.1 Å². The Kier molecular flexibility index (Phi) is 4.17. The summed E-state index contributed by atoms with van der Waals surface area (Å²) in [5.74, 6) is 0. The number of nitro groups is 1. The molecular formula is C12H16N4O3. The minimum absolute atomic E-state index is 0.0323. The number of para-hydroxylation sites is 2. The molecule has 0 radical (unpaired) electrons. The molecule has 1 aliphatic carbocycles. The summed E-state index contributed by atoms with van der Waals surface area (Å²) < 4.78 is 0. The van der Waals surface area contributed by atoms with Crippen LogP contribution in [0.4, 0.5) is 16.2 Å². The summed E-state index contributed by atoms with van der Waals surface area (Å²) in [7, 11) is 0. The molecule has 1 aromatic rings. The third-order valence-corrected chi connectivity index (χ3v) is 2.74. The van der Waals surface area contributed by atoms with E-state index in [9.17, 15) is 14.9 Å². The summed E-state index contributed by atoms with van der Waals surface area (Å²) in [6.45, 7) is 0.841. The molecule has 1 aromatic carbocycles. The van der Waals surface area contributed by atoms with E-state index in [2.05, 4.69) is 16.0 Å². The van der Waals surface area contributed by atoms with Gasteiger partial charge in [0, 0.05) is 25.2 Å². The lowest BCUT2D eigenvalue weighted by atomic mass is 10.2. The molecule has 0 atom stereocenters. The maximum Gasteiger partial charge on any atom is 0.315 e. The lowest BCUT2D eigenvalue weighted by Gasteiger charge is -2.08. The van der Waals surface area contributed by atoms with Crippen molar-refractivity contribution >= 4 is 17.4 Å². The van der Waals surface area contributed by atoms with Gasteiger partial charge in [-0.2, -0.15) is 0 Å². The fourth-order valence-corrected chi connectivity index (χ4v) is 1.62. The molecule has 102 valence electrons. The topological polar surface area (TPSA) is 96.3 Å². The normalized spacial score (nSPS) is 13.7. The Labute approximate surface area is 110 Å². The highest BCUT2D eigenvalue weighted by Gasteiger charge is 2.22. The number of anilines is 1. The molecule has 1 saturated carbocycles. The van der Waals surface area contributed by atoms with E-state index in [4.69, 9.17) is 0 Å². The van der Waals surface area contributed by atoms with Crippen molar-refractivity contribution in [3.63, 3.8) is 0 Å². The number of carbonyl (C=O) groups excluding carboxylic acids is 1. The minimum Gasteiger partial charge on any atom is -0.378 e. The van der Waals surface area contributed by atoms with Crippen molar-refractivity contribution in [2.45, 2.75) is 18.9 Å². The zero-order valence-electron chi connectivity index (χ0n) is 10.4. The van der Waals surface area contributed by atoms with Crippen molar-refractivity contribution in [1.29, 1.82) is 0 Å². The van der Waals surface area contributed by atoms with Crippen molar-refractivity contribution in [2.24, 2.45) is 0 Å². The van der Waals surface area contributed by atoms with Crippen molar-refractivity contribution in [3.05, 3.63) is 34.4 Å². The summed E-state index contributed by atoms with van der Waals surface area (Å²) >= 11 is 0. The number of urea groups is 1. The van der Waals surface area contributed by atoms with Crippen LogP contribution in [-0.2, 0) is 0 Å². The lowest BCUT2D eigenvalue weighted by molar-refractivity contribution is -0.384. The second-order valence-electron chi connectivity index (χ2n) is 4.38. The molecule has 2 amide bonds. The number of hydrogen-bond acceptors (Lipinski definition) is 4. The monoisotopic (exact) mass is 264 g/mol. The zero-order chi connectivity index (χ0) is 13.7. The second-order valence-corrected chi connectivity index (χ2v) is 4.38. The van der Waals surface area contributed by atoms with Crippen LogP contribution in [0.5, 0.6) is 0 Å². The van der Waals surface area contributed by atoms with Crippen LogP contribution in [0.1, 0.15) is 12.8 Å². The average molecular weight is 264 g/mol. The van der Waals surface area contributed by atoms with Gasteiger partial charge in [-0.1, -0.05) is 12.1 Å². The van der Waals surface area contributed by atoms with Crippen LogP contribution in [-0.4, -0.2) is 30.1 Å². The number of nitrogens with one attached hydrogen (secondary N) is 3. The first-order valence-electron chi connectivity index (χ1n) is 6.18. The summed E-state index contributed by atoms with van der Waals surface area (Å²) in [6, 6.07) is 6.56. The van der Waals surface area contributed by atoms with Gasteiger partial charge in [0.25, 0.3) is 5.69 Å². The molecule has 1 fully saturated rings. The molecule has 0 spiro atoms. The van der Waals surface area contributed by atoms with Crippen molar-refractivity contribution in [1.82, 2.24) is 10.6 Å². The molecule has 0 aromatic heterocycles. The number of amides is 2. The smallest absolute Gasteiger partial charge is 0.315 e. The van der Waals surface area contributed by atoms with E-state index >= 15 is 0 Å². The Morgan fingerprint density at radius 1 is 1.32 bits per heavy atom. The standard InChI is InChI=1S/C12H16N4O3/c17-12(15-9-5-6-9)14-8-7-13-10-3-1-2-4-11(10)16(18)19/h1-4,9,13H,5-8H2,(H2,14,15,17). The maximum absolute atomic E-state index is 11.3. The Hall–Kier alpha value is -2.31. The fourth-order valence-electron chi connectivity index (χ4n) is 1.62. The number of hydrogen-bond donors (Lipinski definition) is 3. The average Bonchev–Trinajstić information content (AvgIpc) is 3.19. The van der Waals surface area contributed by atoms with Crippen LogP contribution in [0.15, 0.2) is 24.3 Å². The largest absolute Gasteiger partial charge is 0.378 e. The van der Waals surface area contributed by atoms with Gasteiger partial charge in [0.1, 0.15) is 5.69 Å². The van der Waals surface area contributed by atoms with Crippen LogP contribution >= 0.6 is 0 Å². The number of nitrogens with zero attached hydrogens (tertiary/aromatic N) is 1. The fraction of sp³-hybridized carbons (Fsp3) is 0.417. The Bertz CT molecular complexity index is 474. The van der Waals surface area contributed by atoms with E-state index in [0.717, 1.165) is 12.8 Å². The Balaban J connectivity index is 1.72. The predicted octanol–water partition coefficient (Wildman–Crippen LogP) is 1.47. The van der Waals surface area contributed by atoms with E-state index in [-0.39, 0.29) is 11.7 Å². The molecule has 2 rings (SSSR count). The number of benzene rings is 1. The molecule has 1 aliphatic rings. The number of nitro benzene ring substituents is 1. The predicted molar refractivity (Wildman–Crippen MR) is 71.1 cm³/mol. The Morgan fingerprint density at radius 2 is 2.05 bits per heavy atom. The van der Waals surface area contributed by atoms with Gasteiger partial charge >= 0.3 is 6.03 Å². The van der Waals surface area contributed by atoms with Gasteiger partial charge in [0.05, 0.1) is 4.92 Å². The molecule has 0 saturated heterocycles.